The van der Waals surface area contributed by atoms with Gasteiger partial charge in [-0.1, -0.05) is 6.07 Å². The fourth-order valence-corrected chi connectivity index (χ4v) is 5.12. The largest absolute Gasteiger partial charge is 0.497 e. The maximum Gasteiger partial charge on any atom is 0.174 e. The first-order valence-corrected chi connectivity index (χ1v) is 12.0. The summed E-state index contributed by atoms with van der Waals surface area (Å²) in [5.74, 6) is 2.23. The highest BCUT2D eigenvalue weighted by Gasteiger charge is 2.43. The van der Waals surface area contributed by atoms with Crippen molar-refractivity contribution < 1.29 is 18.3 Å². The van der Waals surface area contributed by atoms with Crippen LogP contribution in [0.25, 0.3) is 11.3 Å². The molecule has 1 aliphatic rings. The number of hydrogen-bond acceptors (Lipinski definition) is 5. The Morgan fingerprint density at radius 1 is 1.06 bits per heavy atom. The van der Waals surface area contributed by atoms with E-state index >= 15 is 0 Å². The molecule has 3 heterocycles. The number of furan rings is 1. The monoisotopic (exact) mass is 553 g/mol. The molecule has 2 aromatic heterocycles. The Morgan fingerprint density at radius 3 is 2.63 bits per heavy atom. The number of rotatable bonds is 6. The Kier molecular flexibility index (Phi) is 6.44. The Labute approximate surface area is 215 Å². The molecule has 1 N–H and O–H groups in total. The highest BCUT2D eigenvalue weighted by atomic mass is 79.9. The molecule has 1 aliphatic heterocycles. The molecule has 35 heavy (non-hydrogen) atoms. The van der Waals surface area contributed by atoms with Crippen molar-refractivity contribution >= 4 is 38.9 Å². The Morgan fingerprint density at radius 2 is 1.91 bits per heavy atom. The van der Waals surface area contributed by atoms with Gasteiger partial charge in [-0.25, -0.2) is 4.39 Å². The standard InChI is InChI=1S/C26H21BrFN3O3S/c1-32-16-7-9-22(33-2)20(14-16)31-25(24(30-26(31)35)19-5-3-4-12-29-19)23-11-10-21(34-23)17-8-6-15(28)13-18(17)27/h3-14,24-25H,1-2H3,(H,30,35)/t24-,25+/m0/s1. The minimum absolute atomic E-state index is 0.296. The lowest BCUT2D eigenvalue weighted by Gasteiger charge is -2.27. The number of ether oxygens (including phenoxy) is 2. The molecule has 1 fully saturated rings. The van der Waals surface area contributed by atoms with Gasteiger partial charge in [0.1, 0.15) is 34.9 Å². The molecule has 2 atom stereocenters. The second kappa shape index (κ2) is 9.67. The number of benzene rings is 2. The molecule has 0 spiro atoms. The molecule has 5 rings (SSSR count). The second-order valence-electron chi connectivity index (χ2n) is 7.86. The summed E-state index contributed by atoms with van der Waals surface area (Å²) in [6, 6.07) is 18.9. The second-order valence-corrected chi connectivity index (χ2v) is 9.10. The SMILES string of the molecule is COc1ccc(OC)c(N2C(=S)N[C@@H](c3ccccn3)[C@H]2c2ccc(-c3ccc(F)cc3Br)o2)c1. The van der Waals surface area contributed by atoms with Gasteiger partial charge >= 0.3 is 0 Å². The summed E-state index contributed by atoms with van der Waals surface area (Å²) in [5.41, 5.74) is 2.28. The normalized spacial score (nSPS) is 17.4. The zero-order chi connectivity index (χ0) is 24.5. The molecule has 0 bridgehead atoms. The van der Waals surface area contributed by atoms with Crippen molar-refractivity contribution in [1.82, 2.24) is 10.3 Å². The van der Waals surface area contributed by atoms with E-state index in [1.807, 2.05) is 53.4 Å². The first-order chi connectivity index (χ1) is 17.0. The smallest absolute Gasteiger partial charge is 0.174 e. The molecule has 0 unspecified atom stereocenters. The Hall–Kier alpha value is -3.43. The fourth-order valence-electron chi connectivity index (χ4n) is 4.23. The van der Waals surface area contributed by atoms with E-state index in [9.17, 15) is 4.39 Å². The molecule has 0 aliphatic carbocycles. The maximum atomic E-state index is 13.6. The Balaban J connectivity index is 1.65. The van der Waals surface area contributed by atoms with Crippen LogP contribution in [-0.2, 0) is 0 Å². The zero-order valence-electron chi connectivity index (χ0n) is 18.9. The first-order valence-electron chi connectivity index (χ1n) is 10.8. The number of nitrogens with one attached hydrogen (secondary N) is 1. The summed E-state index contributed by atoms with van der Waals surface area (Å²) < 4.78 is 31.7. The molecular formula is C26H21BrFN3O3S. The quantitative estimate of drug-likeness (QED) is 0.276. The van der Waals surface area contributed by atoms with Crippen molar-refractivity contribution in [3.8, 4) is 22.8 Å². The van der Waals surface area contributed by atoms with Crippen LogP contribution in [0.15, 0.2) is 81.8 Å². The summed E-state index contributed by atoms with van der Waals surface area (Å²) in [7, 11) is 3.22. The van der Waals surface area contributed by atoms with E-state index in [0.717, 1.165) is 16.9 Å². The molecule has 0 radical (unpaired) electrons. The molecule has 4 aromatic rings. The third-order valence-corrected chi connectivity index (χ3v) is 6.83. The maximum absolute atomic E-state index is 13.6. The number of aromatic nitrogens is 1. The zero-order valence-corrected chi connectivity index (χ0v) is 21.3. The van der Waals surface area contributed by atoms with Crippen molar-refractivity contribution in [2.75, 3.05) is 19.1 Å². The van der Waals surface area contributed by atoms with Gasteiger partial charge in [-0.15, -0.1) is 0 Å². The number of methoxy groups -OCH3 is 2. The van der Waals surface area contributed by atoms with Gasteiger partial charge in [-0.2, -0.15) is 0 Å². The summed E-state index contributed by atoms with van der Waals surface area (Å²) in [4.78, 5) is 6.53. The molecule has 0 saturated carbocycles. The van der Waals surface area contributed by atoms with Gasteiger partial charge in [0.05, 0.1) is 31.6 Å². The molecule has 6 nitrogen and oxygen atoms in total. The average molecular weight is 554 g/mol. The number of halogens is 2. The lowest BCUT2D eigenvalue weighted by Crippen LogP contribution is -2.29. The molecule has 178 valence electrons. The number of anilines is 1. The van der Waals surface area contributed by atoms with Gasteiger partial charge in [-0.05, 0) is 82.7 Å². The van der Waals surface area contributed by atoms with Crippen LogP contribution in [0.2, 0.25) is 0 Å². The molecule has 1 saturated heterocycles. The third-order valence-electron chi connectivity index (χ3n) is 5.86. The number of nitrogens with zero attached hydrogens (tertiary/aromatic N) is 2. The average Bonchev–Trinajstić information content (AvgIpc) is 3.48. The number of thiocarbonyl (C=S) groups is 1. The van der Waals surface area contributed by atoms with Gasteiger partial charge in [0.25, 0.3) is 0 Å². The van der Waals surface area contributed by atoms with Crippen molar-refractivity contribution in [2.45, 2.75) is 12.1 Å². The van der Waals surface area contributed by atoms with Crippen LogP contribution in [0.1, 0.15) is 23.5 Å². The van der Waals surface area contributed by atoms with E-state index in [1.165, 1.54) is 12.1 Å². The van der Waals surface area contributed by atoms with Gasteiger partial charge in [0, 0.05) is 22.3 Å². The summed E-state index contributed by atoms with van der Waals surface area (Å²) in [5, 5.41) is 3.90. The van der Waals surface area contributed by atoms with Gasteiger partial charge in [0.2, 0.25) is 0 Å². The van der Waals surface area contributed by atoms with Crippen molar-refractivity contribution in [3.05, 3.63) is 94.7 Å². The predicted molar refractivity (Wildman–Crippen MR) is 139 cm³/mol. The summed E-state index contributed by atoms with van der Waals surface area (Å²) in [6.07, 6.45) is 1.75. The Bertz CT molecular complexity index is 1380. The van der Waals surface area contributed by atoms with E-state index < -0.39 is 0 Å². The number of hydrogen-bond donors (Lipinski definition) is 1. The van der Waals surface area contributed by atoms with Gasteiger partial charge in [-0.3, -0.25) is 4.98 Å². The summed E-state index contributed by atoms with van der Waals surface area (Å²) >= 11 is 9.23. The minimum Gasteiger partial charge on any atom is -0.497 e. The van der Waals surface area contributed by atoms with E-state index in [-0.39, 0.29) is 17.9 Å². The van der Waals surface area contributed by atoms with Gasteiger partial charge < -0.3 is 24.1 Å². The lowest BCUT2D eigenvalue weighted by atomic mass is 10.0. The van der Waals surface area contributed by atoms with Gasteiger partial charge in [0.15, 0.2) is 5.11 Å². The van der Waals surface area contributed by atoms with E-state index in [4.69, 9.17) is 26.1 Å². The van der Waals surface area contributed by atoms with Crippen LogP contribution < -0.4 is 19.7 Å². The van der Waals surface area contributed by atoms with Crippen LogP contribution in [0.4, 0.5) is 10.1 Å². The highest BCUT2D eigenvalue weighted by Crippen LogP contribution is 2.46. The molecular weight excluding hydrogens is 533 g/mol. The van der Waals surface area contributed by atoms with E-state index in [1.54, 1.807) is 26.5 Å². The molecule has 0 amide bonds. The van der Waals surface area contributed by atoms with Crippen LogP contribution >= 0.6 is 28.1 Å². The fraction of sp³-hybridized carbons (Fsp3) is 0.154. The highest BCUT2D eigenvalue weighted by molar-refractivity contribution is 9.10. The summed E-state index contributed by atoms with van der Waals surface area (Å²) in [6.45, 7) is 0. The van der Waals surface area contributed by atoms with Crippen LogP contribution in [0.5, 0.6) is 11.5 Å². The predicted octanol–water partition coefficient (Wildman–Crippen LogP) is 6.44. The van der Waals surface area contributed by atoms with Crippen LogP contribution in [0, 0.1) is 5.82 Å². The molecule has 9 heteroatoms. The van der Waals surface area contributed by atoms with Crippen LogP contribution in [0.3, 0.4) is 0 Å². The lowest BCUT2D eigenvalue weighted by molar-refractivity contribution is 0.400. The number of pyridine rings is 1. The first kappa shape index (κ1) is 23.3. The van der Waals surface area contributed by atoms with E-state index in [0.29, 0.717) is 32.6 Å². The van der Waals surface area contributed by atoms with Crippen molar-refractivity contribution in [3.63, 3.8) is 0 Å². The van der Waals surface area contributed by atoms with E-state index in [2.05, 4.69) is 26.2 Å². The molecule has 2 aromatic carbocycles. The topological polar surface area (TPSA) is 59.8 Å². The van der Waals surface area contributed by atoms with Crippen molar-refractivity contribution in [1.29, 1.82) is 0 Å². The van der Waals surface area contributed by atoms with Crippen LogP contribution in [-0.4, -0.2) is 24.3 Å². The minimum atomic E-state index is -0.383. The van der Waals surface area contributed by atoms with Crippen molar-refractivity contribution in [2.24, 2.45) is 0 Å². The third kappa shape index (κ3) is 4.37.